The number of benzene rings is 1. The molecule has 174 valence electrons. The Bertz CT molecular complexity index is 946. The number of ether oxygens (including phenoxy) is 1. The molecule has 0 aliphatic carbocycles. The van der Waals surface area contributed by atoms with Gasteiger partial charge < -0.3 is 15.0 Å². The van der Waals surface area contributed by atoms with E-state index in [0.717, 1.165) is 45.1 Å². The number of sulfone groups is 1. The molecule has 0 spiro atoms. The molecular formula is C22H31N5O4S. The fourth-order valence-corrected chi connectivity index (χ4v) is 4.08. The van der Waals surface area contributed by atoms with Crippen LogP contribution in [0.15, 0.2) is 47.6 Å². The molecule has 0 radical (unpaired) electrons. The lowest BCUT2D eigenvalue weighted by Crippen LogP contribution is -2.47. The molecular weight excluding hydrogens is 430 g/mol. The number of anilines is 1. The standard InChI is InChI=1S/C22H31N5O4S/c1-32(29,30)20-8-6-19(7-9-20)31-18-2-5-21(28)23-12-4-13-26-14-16-27(17-15-26)22-24-10-3-11-25-22/h3,6-11H,2,4-5,12-18H2,1H3,(H,23,28). The summed E-state index contributed by atoms with van der Waals surface area (Å²) in [6.07, 6.45) is 6.61. The van der Waals surface area contributed by atoms with E-state index in [1.165, 1.54) is 18.4 Å². The van der Waals surface area contributed by atoms with E-state index in [2.05, 4.69) is 25.1 Å². The van der Waals surface area contributed by atoms with Crippen molar-refractivity contribution in [2.24, 2.45) is 0 Å². The van der Waals surface area contributed by atoms with Gasteiger partial charge in [-0.2, -0.15) is 0 Å². The van der Waals surface area contributed by atoms with Gasteiger partial charge in [-0.05, 0) is 49.7 Å². The number of rotatable bonds is 11. The molecule has 1 aromatic heterocycles. The Balaban J connectivity index is 1.22. The first kappa shape index (κ1) is 23.9. The molecule has 0 saturated carbocycles. The van der Waals surface area contributed by atoms with Crippen LogP contribution in [0.5, 0.6) is 5.75 Å². The molecule has 3 rings (SSSR count). The fraction of sp³-hybridized carbons (Fsp3) is 0.500. The van der Waals surface area contributed by atoms with Crippen LogP contribution in [0, 0.1) is 0 Å². The summed E-state index contributed by atoms with van der Waals surface area (Å²) in [6.45, 7) is 5.77. The Morgan fingerprint density at radius 1 is 1.06 bits per heavy atom. The normalized spacial score (nSPS) is 14.8. The molecule has 1 aromatic carbocycles. The number of hydrogen-bond donors (Lipinski definition) is 1. The van der Waals surface area contributed by atoms with Crippen molar-refractivity contribution < 1.29 is 17.9 Å². The van der Waals surface area contributed by atoms with Gasteiger partial charge in [-0.1, -0.05) is 0 Å². The van der Waals surface area contributed by atoms with Crippen LogP contribution in [0.3, 0.4) is 0 Å². The average Bonchev–Trinajstić information content (AvgIpc) is 2.80. The first-order valence-corrected chi connectivity index (χ1v) is 12.7. The summed E-state index contributed by atoms with van der Waals surface area (Å²) in [5.74, 6) is 1.40. The molecule has 0 atom stereocenters. The number of carbonyl (C=O) groups is 1. The third-order valence-electron chi connectivity index (χ3n) is 5.25. The monoisotopic (exact) mass is 461 g/mol. The SMILES string of the molecule is CS(=O)(=O)c1ccc(OCCCC(=O)NCCCN2CCN(c3ncccn3)CC2)cc1. The van der Waals surface area contributed by atoms with Crippen molar-refractivity contribution in [3.63, 3.8) is 0 Å². The van der Waals surface area contributed by atoms with Gasteiger partial charge in [-0.25, -0.2) is 18.4 Å². The van der Waals surface area contributed by atoms with E-state index in [4.69, 9.17) is 4.74 Å². The minimum absolute atomic E-state index is 0.0204. The lowest BCUT2D eigenvalue weighted by Gasteiger charge is -2.34. The third kappa shape index (κ3) is 7.76. The summed E-state index contributed by atoms with van der Waals surface area (Å²) in [7, 11) is -3.21. The highest BCUT2D eigenvalue weighted by molar-refractivity contribution is 7.90. The topological polar surface area (TPSA) is 105 Å². The van der Waals surface area contributed by atoms with Crippen LogP contribution in [0.2, 0.25) is 0 Å². The molecule has 1 saturated heterocycles. The number of aromatic nitrogens is 2. The molecule has 1 fully saturated rings. The fourth-order valence-electron chi connectivity index (χ4n) is 3.45. The Hall–Kier alpha value is -2.72. The van der Waals surface area contributed by atoms with Gasteiger partial charge in [0.1, 0.15) is 5.75 Å². The Morgan fingerprint density at radius 3 is 2.41 bits per heavy atom. The maximum Gasteiger partial charge on any atom is 0.225 e. The lowest BCUT2D eigenvalue weighted by atomic mass is 10.2. The van der Waals surface area contributed by atoms with Crippen molar-refractivity contribution in [1.82, 2.24) is 20.2 Å². The van der Waals surface area contributed by atoms with Gasteiger partial charge >= 0.3 is 0 Å². The van der Waals surface area contributed by atoms with E-state index in [-0.39, 0.29) is 10.8 Å². The molecule has 1 amide bonds. The second-order valence-electron chi connectivity index (χ2n) is 7.78. The third-order valence-corrected chi connectivity index (χ3v) is 6.38. The Kier molecular flexibility index (Phi) is 8.81. The van der Waals surface area contributed by atoms with Gasteiger partial charge in [0.25, 0.3) is 0 Å². The first-order valence-electron chi connectivity index (χ1n) is 10.9. The molecule has 1 N–H and O–H groups in total. The predicted molar refractivity (Wildman–Crippen MR) is 123 cm³/mol. The van der Waals surface area contributed by atoms with Gasteiger partial charge in [0.2, 0.25) is 11.9 Å². The number of piperazine rings is 1. The molecule has 9 nitrogen and oxygen atoms in total. The molecule has 0 bridgehead atoms. The van der Waals surface area contributed by atoms with Crippen LogP contribution in [0.4, 0.5) is 5.95 Å². The number of amides is 1. The number of carbonyl (C=O) groups excluding carboxylic acids is 1. The highest BCUT2D eigenvalue weighted by atomic mass is 32.2. The molecule has 2 heterocycles. The second kappa shape index (κ2) is 11.8. The predicted octanol–water partition coefficient (Wildman–Crippen LogP) is 1.37. The van der Waals surface area contributed by atoms with E-state index in [0.29, 0.717) is 31.7 Å². The molecule has 2 aromatic rings. The Morgan fingerprint density at radius 2 is 1.75 bits per heavy atom. The van der Waals surface area contributed by atoms with E-state index in [1.807, 2.05) is 6.07 Å². The first-order chi connectivity index (χ1) is 15.4. The molecule has 32 heavy (non-hydrogen) atoms. The summed E-state index contributed by atoms with van der Waals surface area (Å²) >= 11 is 0. The maximum atomic E-state index is 12.0. The zero-order valence-electron chi connectivity index (χ0n) is 18.4. The highest BCUT2D eigenvalue weighted by Crippen LogP contribution is 2.16. The minimum atomic E-state index is -3.21. The number of hydrogen-bond acceptors (Lipinski definition) is 8. The maximum absolute atomic E-state index is 12.0. The van der Waals surface area contributed by atoms with Crippen LogP contribution in [-0.4, -0.2) is 81.3 Å². The lowest BCUT2D eigenvalue weighted by molar-refractivity contribution is -0.121. The Labute approximate surface area is 189 Å². The van der Waals surface area contributed by atoms with Crippen molar-refractivity contribution >= 4 is 21.7 Å². The van der Waals surface area contributed by atoms with Gasteiger partial charge in [-0.15, -0.1) is 0 Å². The van der Waals surface area contributed by atoms with Crippen LogP contribution in [0.1, 0.15) is 19.3 Å². The summed E-state index contributed by atoms with van der Waals surface area (Å²) in [5, 5.41) is 2.96. The highest BCUT2D eigenvalue weighted by Gasteiger charge is 2.18. The van der Waals surface area contributed by atoms with Crippen molar-refractivity contribution in [3.8, 4) is 5.75 Å². The smallest absolute Gasteiger partial charge is 0.225 e. The van der Waals surface area contributed by atoms with Gasteiger partial charge in [0.05, 0.1) is 11.5 Å². The van der Waals surface area contributed by atoms with Gasteiger partial charge in [0.15, 0.2) is 9.84 Å². The average molecular weight is 462 g/mol. The van der Waals surface area contributed by atoms with E-state index in [1.54, 1.807) is 24.5 Å². The molecule has 1 aliphatic heterocycles. The van der Waals surface area contributed by atoms with Crippen molar-refractivity contribution in [2.45, 2.75) is 24.2 Å². The van der Waals surface area contributed by atoms with Crippen LogP contribution in [-0.2, 0) is 14.6 Å². The van der Waals surface area contributed by atoms with E-state index < -0.39 is 9.84 Å². The van der Waals surface area contributed by atoms with E-state index in [9.17, 15) is 13.2 Å². The zero-order chi connectivity index (χ0) is 22.8. The molecule has 0 unspecified atom stereocenters. The van der Waals surface area contributed by atoms with E-state index >= 15 is 0 Å². The van der Waals surface area contributed by atoms with Crippen molar-refractivity contribution in [3.05, 3.63) is 42.7 Å². The summed E-state index contributed by atoms with van der Waals surface area (Å²) in [5.41, 5.74) is 0. The number of nitrogens with one attached hydrogen (secondary N) is 1. The largest absolute Gasteiger partial charge is 0.494 e. The quantitative estimate of drug-likeness (QED) is 0.500. The van der Waals surface area contributed by atoms with Gasteiger partial charge in [0, 0.05) is 57.8 Å². The van der Waals surface area contributed by atoms with Crippen LogP contribution in [0.25, 0.3) is 0 Å². The second-order valence-corrected chi connectivity index (χ2v) is 9.79. The van der Waals surface area contributed by atoms with Crippen molar-refractivity contribution in [1.29, 1.82) is 0 Å². The number of nitrogens with zero attached hydrogens (tertiary/aromatic N) is 4. The van der Waals surface area contributed by atoms with Crippen molar-refractivity contribution in [2.75, 3.05) is 57.0 Å². The minimum Gasteiger partial charge on any atom is -0.494 e. The van der Waals surface area contributed by atoms with Gasteiger partial charge in [-0.3, -0.25) is 9.69 Å². The van der Waals surface area contributed by atoms with Crippen LogP contribution < -0.4 is 15.0 Å². The summed E-state index contributed by atoms with van der Waals surface area (Å²) < 4.78 is 28.5. The van der Waals surface area contributed by atoms with Crippen LogP contribution >= 0.6 is 0 Å². The summed E-state index contributed by atoms with van der Waals surface area (Å²) in [6, 6.07) is 8.12. The molecule has 10 heteroatoms. The zero-order valence-corrected chi connectivity index (χ0v) is 19.3. The molecule has 1 aliphatic rings. The summed E-state index contributed by atoms with van der Waals surface area (Å²) in [4.78, 5) is 25.4.